The quantitative estimate of drug-likeness (QED) is 0.477. The first-order valence-corrected chi connectivity index (χ1v) is 9.38. The highest BCUT2D eigenvalue weighted by Gasteiger charge is 2.26. The molecule has 0 aliphatic carbocycles. The molecule has 1 unspecified atom stereocenters. The molecule has 2 aromatic rings. The summed E-state index contributed by atoms with van der Waals surface area (Å²) >= 11 is 0. The Kier molecular flexibility index (Phi) is 6.14. The number of nitrogens with one attached hydrogen (secondary N) is 2. The van der Waals surface area contributed by atoms with E-state index in [-0.39, 0.29) is 5.91 Å². The van der Waals surface area contributed by atoms with Crippen LogP contribution >= 0.6 is 0 Å². The number of aliphatic hydroxyl groups excluding tert-OH is 1. The number of ether oxygens (including phenoxy) is 1. The van der Waals surface area contributed by atoms with E-state index >= 15 is 0 Å². The molecule has 0 bridgehead atoms. The first-order valence-electron chi connectivity index (χ1n) is 9.38. The number of aromatic nitrogens is 1. The molecule has 1 aromatic carbocycles. The number of amides is 1. The second-order valence-corrected chi connectivity index (χ2v) is 6.66. The molecule has 1 aliphatic heterocycles. The number of hydrogen-bond donors (Lipinski definition) is 3. The van der Waals surface area contributed by atoms with E-state index in [1.165, 1.54) is 0 Å². The topological polar surface area (TPSA) is 74.3 Å². The number of aliphatic hydroxyl groups is 1. The number of H-pyrrole nitrogens is 1. The lowest BCUT2D eigenvalue weighted by atomic mass is 9.98. The minimum Gasteiger partial charge on any atom is -0.495 e. The summed E-state index contributed by atoms with van der Waals surface area (Å²) in [5, 5.41) is 13.1. The van der Waals surface area contributed by atoms with Crippen LogP contribution in [0.2, 0.25) is 0 Å². The van der Waals surface area contributed by atoms with E-state index in [1.54, 1.807) is 25.5 Å². The van der Waals surface area contributed by atoms with E-state index in [2.05, 4.69) is 17.2 Å². The smallest absolute Gasteiger partial charge is 0.256 e. The molecule has 5 nitrogen and oxygen atoms in total. The van der Waals surface area contributed by atoms with Gasteiger partial charge in [0.2, 0.25) is 0 Å². The van der Waals surface area contributed by atoms with Crippen LogP contribution in [0, 0.1) is 0 Å². The van der Waals surface area contributed by atoms with Crippen molar-refractivity contribution in [3.05, 3.63) is 53.4 Å². The van der Waals surface area contributed by atoms with Crippen LogP contribution in [0.3, 0.4) is 0 Å². The molecule has 0 saturated carbocycles. The second-order valence-electron chi connectivity index (χ2n) is 6.66. The number of benzene rings is 1. The Labute approximate surface area is 159 Å². The fraction of sp³-hybridized carbons (Fsp3) is 0.318. The second kappa shape index (κ2) is 8.73. The third-order valence-electron chi connectivity index (χ3n) is 4.71. The number of unbranched alkanes of at least 4 members (excludes halogenated alkanes) is 2. The zero-order chi connectivity index (χ0) is 19.2. The number of anilines is 1. The minimum absolute atomic E-state index is 0.147. The van der Waals surface area contributed by atoms with Gasteiger partial charge in [0, 0.05) is 17.4 Å². The van der Waals surface area contributed by atoms with Crippen LogP contribution in [-0.2, 0) is 4.79 Å². The molecule has 27 heavy (non-hydrogen) atoms. The Morgan fingerprint density at radius 1 is 1.26 bits per heavy atom. The van der Waals surface area contributed by atoms with Crippen LogP contribution in [0.25, 0.3) is 17.7 Å². The maximum Gasteiger partial charge on any atom is 0.256 e. The van der Waals surface area contributed by atoms with Crippen molar-refractivity contribution in [1.29, 1.82) is 0 Å². The Morgan fingerprint density at radius 2 is 2.11 bits per heavy atom. The van der Waals surface area contributed by atoms with Crippen molar-refractivity contribution in [2.75, 3.05) is 12.4 Å². The Hall–Kier alpha value is -2.79. The molecule has 0 spiro atoms. The molecule has 0 radical (unpaired) electrons. The van der Waals surface area contributed by atoms with E-state index in [4.69, 9.17) is 4.74 Å². The van der Waals surface area contributed by atoms with Gasteiger partial charge in [0.05, 0.1) is 24.5 Å². The van der Waals surface area contributed by atoms with Crippen molar-refractivity contribution >= 4 is 29.3 Å². The third kappa shape index (κ3) is 4.31. The van der Waals surface area contributed by atoms with E-state index in [1.807, 2.05) is 30.3 Å². The van der Waals surface area contributed by atoms with Crippen LogP contribution in [0.15, 0.2) is 36.5 Å². The molecule has 1 atom stereocenters. The molecule has 0 saturated heterocycles. The number of carbonyl (C=O) groups excluding carboxylic acids is 1. The normalized spacial score (nSPS) is 16.0. The average molecular weight is 366 g/mol. The van der Waals surface area contributed by atoms with Gasteiger partial charge >= 0.3 is 0 Å². The molecular weight excluding hydrogens is 340 g/mol. The standard InChI is InChI=1S/C22H26N2O3/c1-3-4-5-8-16(25)11-10-15-7-6-9-18-21(15)17(22(26)24-18)14-19-20(27-2)12-13-23-19/h6-7,9-14,16,23,25H,3-5,8H2,1-2H3,(H,24,26)/b11-10?,17-14-. The van der Waals surface area contributed by atoms with Crippen LogP contribution in [-0.4, -0.2) is 29.2 Å². The molecule has 142 valence electrons. The van der Waals surface area contributed by atoms with Crippen LogP contribution in [0.5, 0.6) is 5.75 Å². The minimum atomic E-state index is -0.478. The summed E-state index contributed by atoms with van der Waals surface area (Å²) in [6.07, 6.45) is 10.8. The maximum atomic E-state index is 12.5. The maximum absolute atomic E-state index is 12.5. The summed E-state index contributed by atoms with van der Waals surface area (Å²) in [5.41, 5.74) is 3.84. The summed E-state index contributed by atoms with van der Waals surface area (Å²) in [7, 11) is 1.60. The summed E-state index contributed by atoms with van der Waals surface area (Å²) in [6.45, 7) is 2.15. The molecular formula is C22H26N2O3. The monoisotopic (exact) mass is 366 g/mol. The number of fused-ring (bicyclic) bond motifs is 1. The van der Waals surface area contributed by atoms with Gasteiger partial charge in [-0.3, -0.25) is 4.79 Å². The molecule has 0 fully saturated rings. The van der Waals surface area contributed by atoms with Crippen LogP contribution in [0.1, 0.15) is 49.4 Å². The summed E-state index contributed by atoms with van der Waals surface area (Å²) in [5.74, 6) is 0.536. The lowest BCUT2D eigenvalue weighted by Crippen LogP contribution is -2.03. The van der Waals surface area contributed by atoms with Gasteiger partial charge in [-0.15, -0.1) is 0 Å². The number of rotatable bonds is 8. The Morgan fingerprint density at radius 3 is 2.89 bits per heavy atom. The number of carbonyl (C=O) groups is 1. The van der Waals surface area contributed by atoms with Gasteiger partial charge in [0.25, 0.3) is 5.91 Å². The average Bonchev–Trinajstić information content (AvgIpc) is 3.24. The number of aromatic amines is 1. The molecule has 1 aromatic heterocycles. The van der Waals surface area contributed by atoms with Crippen LogP contribution < -0.4 is 10.1 Å². The van der Waals surface area contributed by atoms with Crippen molar-refractivity contribution in [1.82, 2.24) is 4.98 Å². The first-order chi connectivity index (χ1) is 13.1. The van der Waals surface area contributed by atoms with Crippen molar-refractivity contribution in [3.63, 3.8) is 0 Å². The molecule has 3 rings (SSSR count). The van der Waals surface area contributed by atoms with Gasteiger partial charge in [0.1, 0.15) is 5.75 Å². The fourth-order valence-electron chi connectivity index (χ4n) is 3.27. The number of hydrogen-bond acceptors (Lipinski definition) is 3. The SMILES string of the molecule is CCCCCC(O)C=Cc1cccc2c1/C(=C/c1[nH]ccc1OC)C(=O)N2. The van der Waals surface area contributed by atoms with Crippen molar-refractivity contribution in [2.45, 2.75) is 38.7 Å². The Bertz CT molecular complexity index is 864. The van der Waals surface area contributed by atoms with E-state index in [9.17, 15) is 9.90 Å². The van der Waals surface area contributed by atoms with Crippen LogP contribution in [0.4, 0.5) is 5.69 Å². The predicted molar refractivity (Wildman–Crippen MR) is 109 cm³/mol. The van der Waals surface area contributed by atoms with Gasteiger partial charge in [-0.25, -0.2) is 0 Å². The largest absolute Gasteiger partial charge is 0.495 e. The summed E-state index contributed by atoms with van der Waals surface area (Å²) < 4.78 is 5.32. The van der Waals surface area contributed by atoms with Gasteiger partial charge in [-0.2, -0.15) is 0 Å². The first kappa shape index (κ1) is 19.0. The van der Waals surface area contributed by atoms with E-state index in [0.29, 0.717) is 11.3 Å². The highest BCUT2D eigenvalue weighted by atomic mass is 16.5. The van der Waals surface area contributed by atoms with E-state index < -0.39 is 6.10 Å². The highest BCUT2D eigenvalue weighted by molar-refractivity contribution is 6.35. The van der Waals surface area contributed by atoms with Crippen molar-refractivity contribution in [2.24, 2.45) is 0 Å². The predicted octanol–water partition coefficient (Wildman–Crippen LogP) is 4.47. The van der Waals surface area contributed by atoms with E-state index in [0.717, 1.165) is 48.2 Å². The van der Waals surface area contributed by atoms with Gasteiger partial charge < -0.3 is 20.1 Å². The number of methoxy groups -OCH3 is 1. The molecule has 1 aliphatic rings. The summed E-state index contributed by atoms with van der Waals surface area (Å²) in [4.78, 5) is 15.6. The van der Waals surface area contributed by atoms with Crippen molar-refractivity contribution in [3.8, 4) is 5.75 Å². The molecule has 2 heterocycles. The van der Waals surface area contributed by atoms with Gasteiger partial charge in [-0.1, -0.05) is 50.5 Å². The Balaban J connectivity index is 1.90. The lowest BCUT2D eigenvalue weighted by Gasteiger charge is -2.07. The third-order valence-corrected chi connectivity index (χ3v) is 4.71. The molecule has 3 N–H and O–H groups in total. The van der Waals surface area contributed by atoms with Gasteiger partial charge in [0.15, 0.2) is 0 Å². The lowest BCUT2D eigenvalue weighted by molar-refractivity contribution is -0.110. The zero-order valence-electron chi connectivity index (χ0n) is 15.8. The molecule has 1 amide bonds. The van der Waals surface area contributed by atoms with Crippen molar-refractivity contribution < 1.29 is 14.6 Å². The van der Waals surface area contributed by atoms with Gasteiger partial charge in [-0.05, 0) is 30.2 Å². The summed E-state index contributed by atoms with van der Waals surface area (Å²) in [6, 6.07) is 7.56. The molecule has 5 heteroatoms. The highest BCUT2D eigenvalue weighted by Crippen LogP contribution is 2.37. The zero-order valence-corrected chi connectivity index (χ0v) is 15.8. The fourth-order valence-corrected chi connectivity index (χ4v) is 3.27.